The minimum absolute atomic E-state index is 0.230. The largest absolute Gasteiger partial charge is 0.447 e. The highest BCUT2D eigenvalue weighted by molar-refractivity contribution is 5.96. The molecule has 0 bridgehead atoms. The molecule has 2 heterocycles. The maximum absolute atomic E-state index is 13.5. The van der Waals surface area contributed by atoms with Crippen molar-refractivity contribution in [3.05, 3.63) is 78.4 Å². The summed E-state index contributed by atoms with van der Waals surface area (Å²) in [6, 6.07) is 23.6. The van der Waals surface area contributed by atoms with E-state index in [0.29, 0.717) is 0 Å². The van der Waals surface area contributed by atoms with Crippen molar-refractivity contribution in [2.24, 2.45) is 5.92 Å². The molecule has 2 aliphatic rings. The number of nitrogens with zero attached hydrogens (tertiary/aromatic N) is 2. The summed E-state index contributed by atoms with van der Waals surface area (Å²) in [7, 11) is 0. The van der Waals surface area contributed by atoms with Gasteiger partial charge < -0.3 is 4.74 Å². The summed E-state index contributed by atoms with van der Waals surface area (Å²) in [5, 5.41) is 3.97. The second-order valence-electron chi connectivity index (χ2n) is 7.62. The third kappa shape index (κ3) is 3.00. The van der Waals surface area contributed by atoms with Crippen molar-refractivity contribution in [3.63, 3.8) is 0 Å². The number of rotatable bonds is 3. The van der Waals surface area contributed by atoms with E-state index >= 15 is 0 Å². The third-order valence-electron chi connectivity index (χ3n) is 5.84. The second kappa shape index (κ2) is 7.46. The van der Waals surface area contributed by atoms with Crippen LogP contribution >= 0.6 is 0 Å². The maximum Gasteiger partial charge on any atom is 0.416 e. The standard InChI is InChI=1S/C24H22N2O4/c1-16-21(23(27)25-14-15-29-24(25)28)22(26(30-16)18-10-3-2-4-11-18)20-13-7-9-17-8-5-6-12-19(17)20/h2-13,16,21-22H,14-15H2,1H3/t16-,21-,22+/m1/s1. The van der Waals surface area contributed by atoms with Gasteiger partial charge in [-0.15, -0.1) is 0 Å². The van der Waals surface area contributed by atoms with E-state index in [-0.39, 0.29) is 25.1 Å². The summed E-state index contributed by atoms with van der Waals surface area (Å²) in [4.78, 5) is 33.0. The Labute approximate surface area is 174 Å². The van der Waals surface area contributed by atoms with Gasteiger partial charge in [-0.1, -0.05) is 60.7 Å². The summed E-state index contributed by atoms with van der Waals surface area (Å²) >= 11 is 0. The van der Waals surface area contributed by atoms with Crippen LogP contribution in [0.4, 0.5) is 10.5 Å². The van der Waals surface area contributed by atoms with Gasteiger partial charge in [0, 0.05) is 0 Å². The van der Waals surface area contributed by atoms with Gasteiger partial charge in [0.05, 0.1) is 30.3 Å². The molecule has 6 heteroatoms. The average Bonchev–Trinajstić information content (AvgIpc) is 3.36. The summed E-state index contributed by atoms with van der Waals surface area (Å²) in [6.45, 7) is 2.38. The van der Waals surface area contributed by atoms with Crippen LogP contribution in [0.2, 0.25) is 0 Å². The highest BCUT2D eigenvalue weighted by Crippen LogP contribution is 2.45. The van der Waals surface area contributed by atoms with Gasteiger partial charge in [-0.25, -0.2) is 14.8 Å². The molecule has 2 fully saturated rings. The van der Waals surface area contributed by atoms with Crippen molar-refractivity contribution in [2.45, 2.75) is 19.1 Å². The quantitative estimate of drug-likeness (QED) is 0.653. The molecule has 0 aromatic heterocycles. The number of hydroxylamine groups is 1. The first-order chi connectivity index (χ1) is 14.6. The number of cyclic esters (lactones) is 1. The van der Waals surface area contributed by atoms with Crippen molar-refractivity contribution in [1.82, 2.24) is 4.90 Å². The fourth-order valence-corrected chi connectivity index (χ4v) is 4.45. The third-order valence-corrected chi connectivity index (χ3v) is 5.84. The Kier molecular flexibility index (Phi) is 4.64. The molecule has 0 saturated carbocycles. The summed E-state index contributed by atoms with van der Waals surface area (Å²) < 4.78 is 5.02. The molecule has 3 atom stereocenters. The minimum Gasteiger partial charge on any atom is -0.447 e. The second-order valence-corrected chi connectivity index (χ2v) is 7.62. The van der Waals surface area contributed by atoms with Crippen LogP contribution in [0.25, 0.3) is 10.8 Å². The van der Waals surface area contributed by atoms with Crippen LogP contribution in [-0.4, -0.2) is 36.2 Å². The molecule has 3 aromatic carbocycles. The molecule has 2 amide bonds. The Morgan fingerprint density at radius 1 is 0.967 bits per heavy atom. The number of hydrogen-bond donors (Lipinski definition) is 0. The SMILES string of the molecule is C[C@H]1ON(c2ccccc2)[C@@H](c2cccc3ccccc23)[C@@H]1C(=O)N1CCOC1=O. The van der Waals surface area contributed by atoms with Gasteiger partial charge in [0.1, 0.15) is 6.61 Å². The summed E-state index contributed by atoms with van der Waals surface area (Å²) in [5.41, 5.74) is 1.86. The Morgan fingerprint density at radius 3 is 2.47 bits per heavy atom. The van der Waals surface area contributed by atoms with E-state index in [4.69, 9.17) is 9.57 Å². The number of benzene rings is 3. The average molecular weight is 402 g/mol. The monoisotopic (exact) mass is 402 g/mol. The Balaban J connectivity index is 1.65. The van der Waals surface area contributed by atoms with Gasteiger partial charge in [-0.05, 0) is 35.4 Å². The van der Waals surface area contributed by atoms with Crippen molar-refractivity contribution in [3.8, 4) is 0 Å². The maximum atomic E-state index is 13.5. The van der Waals surface area contributed by atoms with Crippen molar-refractivity contribution in [2.75, 3.05) is 18.2 Å². The lowest BCUT2D eigenvalue weighted by Gasteiger charge is -2.29. The number of imide groups is 1. The fraction of sp³-hybridized carbons (Fsp3) is 0.250. The molecule has 0 aliphatic carbocycles. The van der Waals surface area contributed by atoms with E-state index < -0.39 is 18.1 Å². The Bertz CT molecular complexity index is 1100. The number of amides is 2. The molecule has 6 nitrogen and oxygen atoms in total. The first kappa shape index (κ1) is 18.6. The van der Waals surface area contributed by atoms with Crippen LogP contribution < -0.4 is 5.06 Å². The van der Waals surface area contributed by atoms with Gasteiger partial charge >= 0.3 is 6.09 Å². The van der Waals surface area contributed by atoms with Crippen molar-refractivity contribution < 1.29 is 19.2 Å². The highest BCUT2D eigenvalue weighted by atomic mass is 16.7. The molecule has 3 aromatic rings. The van der Waals surface area contributed by atoms with E-state index in [1.165, 1.54) is 4.90 Å². The molecule has 0 spiro atoms. The zero-order valence-corrected chi connectivity index (χ0v) is 16.6. The van der Waals surface area contributed by atoms with Crippen LogP contribution in [0.1, 0.15) is 18.5 Å². The van der Waals surface area contributed by atoms with Gasteiger partial charge in [0.15, 0.2) is 0 Å². The minimum atomic E-state index is -0.581. The predicted octanol–water partition coefficient (Wildman–Crippen LogP) is 4.32. The molecule has 2 saturated heterocycles. The van der Waals surface area contributed by atoms with E-state index in [1.807, 2.05) is 66.6 Å². The van der Waals surface area contributed by atoms with E-state index in [1.54, 1.807) is 0 Å². The normalized spacial score (nSPS) is 23.8. The van der Waals surface area contributed by atoms with Crippen LogP contribution in [0.5, 0.6) is 0 Å². The Morgan fingerprint density at radius 2 is 1.70 bits per heavy atom. The zero-order valence-electron chi connectivity index (χ0n) is 16.6. The summed E-state index contributed by atoms with van der Waals surface area (Å²) in [6.07, 6.45) is -0.989. The lowest BCUT2D eigenvalue weighted by molar-refractivity contribution is -0.133. The molecule has 30 heavy (non-hydrogen) atoms. The topological polar surface area (TPSA) is 59.1 Å². The fourth-order valence-electron chi connectivity index (χ4n) is 4.45. The van der Waals surface area contributed by atoms with Crippen LogP contribution in [0, 0.1) is 5.92 Å². The molecule has 0 N–H and O–H groups in total. The Hall–Kier alpha value is -3.38. The first-order valence-electron chi connectivity index (χ1n) is 10.1. The number of hydrogen-bond acceptors (Lipinski definition) is 5. The zero-order chi connectivity index (χ0) is 20.7. The van der Waals surface area contributed by atoms with Crippen molar-refractivity contribution in [1.29, 1.82) is 0 Å². The van der Waals surface area contributed by atoms with Crippen LogP contribution in [0.3, 0.4) is 0 Å². The van der Waals surface area contributed by atoms with Gasteiger partial charge in [-0.2, -0.15) is 0 Å². The molecular weight excluding hydrogens is 380 g/mol. The number of carbonyl (C=O) groups is 2. The number of fused-ring (bicyclic) bond motifs is 1. The molecular formula is C24H22N2O4. The van der Waals surface area contributed by atoms with Crippen LogP contribution in [-0.2, 0) is 14.4 Å². The molecule has 5 rings (SSSR count). The number of anilines is 1. The van der Waals surface area contributed by atoms with Crippen molar-refractivity contribution >= 4 is 28.5 Å². The number of ether oxygens (including phenoxy) is 1. The van der Waals surface area contributed by atoms with Crippen LogP contribution in [0.15, 0.2) is 72.8 Å². The first-order valence-corrected chi connectivity index (χ1v) is 10.1. The van der Waals surface area contributed by atoms with Gasteiger partial charge in [-0.3, -0.25) is 9.63 Å². The summed E-state index contributed by atoms with van der Waals surface area (Å²) in [5.74, 6) is -0.817. The molecule has 0 unspecified atom stereocenters. The lowest BCUT2D eigenvalue weighted by atomic mass is 9.86. The van der Waals surface area contributed by atoms with Gasteiger partial charge in [0.2, 0.25) is 5.91 Å². The van der Waals surface area contributed by atoms with E-state index in [9.17, 15) is 9.59 Å². The number of para-hydroxylation sites is 1. The molecule has 0 radical (unpaired) electrons. The molecule has 2 aliphatic heterocycles. The number of carbonyl (C=O) groups excluding carboxylic acids is 2. The predicted molar refractivity (Wildman–Crippen MR) is 113 cm³/mol. The lowest BCUT2D eigenvalue weighted by Crippen LogP contribution is -2.41. The highest BCUT2D eigenvalue weighted by Gasteiger charge is 2.50. The van der Waals surface area contributed by atoms with E-state index in [2.05, 4.69) is 18.2 Å². The molecule has 152 valence electrons. The van der Waals surface area contributed by atoms with Gasteiger partial charge in [0.25, 0.3) is 0 Å². The smallest absolute Gasteiger partial charge is 0.416 e. The van der Waals surface area contributed by atoms with E-state index in [0.717, 1.165) is 22.0 Å².